The van der Waals surface area contributed by atoms with Crippen molar-refractivity contribution in [1.82, 2.24) is 0 Å². The van der Waals surface area contributed by atoms with Crippen LogP contribution in [0.1, 0.15) is 39.4 Å². The molecule has 0 spiro atoms. The Bertz CT molecular complexity index is 1390. The maximum atomic E-state index is 13.9. The van der Waals surface area contributed by atoms with Crippen molar-refractivity contribution in [2.24, 2.45) is 4.99 Å². The predicted octanol–water partition coefficient (Wildman–Crippen LogP) is 6.17. The van der Waals surface area contributed by atoms with Crippen LogP contribution in [0.3, 0.4) is 0 Å². The summed E-state index contributed by atoms with van der Waals surface area (Å²) in [6.07, 6.45) is 0.232. The monoisotopic (exact) mass is 477 g/mol. The van der Waals surface area contributed by atoms with Gasteiger partial charge in [0, 0.05) is 29.9 Å². The van der Waals surface area contributed by atoms with Crippen molar-refractivity contribution in [1.29, 1.82) is 0 Å². The molecule has 36 heavy (non-hydrogen) atoms. The number of hydrogen-bond donors (Lipinski definition) is 0. The Morgan fingerprint density at radius 2 is 1.39 bits per heavy atom. The Hall–Kier alpha value is -4.38. The van der Waals surface area contributed by atoms with Gasteiger partial charge in [-0.25, -0.2) is 14.2 Å². The second-order valence-corrected chi connectivity index (χ2v) is 8.86. The lowest BCUT2D eigenvalue weighted by atomic mass is 9.73. The molecule has 0 amide bonds. The number of hydrogen-bond acceptors (Lipinski definition) is 4. The number of halogens is 1. The zero-order valence-electron chi connectivity index (χ0n) is 19.5. The second kappa shape index (κ2) is 10.1. The van der Waals surface area contributed by atoms with E-state index >= 15 is 0 Å². The Balaban J connectivity index is 1.66. The van der Waals surface area contributed by atoms with Gasteiger partial charge >= 0.3 is 5.97 Å². The molecule has 0 bridgehead atoms. The number of esters is 1. The van der Waals surface area contributed by atoms with Gasteiger partial charge < -0.3 is 4.74 Å². The summed E-state index contributed by atoms with van der Waals surface area (Å²) >= 11 is 0. The largest absolute Gasteiger partial charge is 0.405 e. The molecule has 0 fully saturated rings. The van der Waals surface area contributed by atoms with E-state index in [0.29, 0.717) is 16.7 Å². The van der Waals surface area contributed by atoms with Crippen LogP contribution in [0.25, 0.3) is 0 Å². The fraction of sp³-hybridized carbons (Fsp3) is 0.129. The first-order valence-corrected chi connectivity index (χ1v) is 11.8. The van der Waals surface area contributed by atoms with Gasteiger partial charge in [0.1, 0.15) is 5.82 Å². The van der Waals surface area contributed by atoms with E-state index in [9.17, 15) is 14.0 Å². The number of carbonyl (C=O) groups excluding carboxylic acids is 2. The molecule has 4 aromatic rings. The average molecular weight is 478 g/mol. The van der Waals surface area contributed by atoms with Gasteiger partial charge in [-0.3, -0.25) is 4.79 Å². The van der Waals surface area contributed by atoms with Crippen LogP contribution in [0.4, 0.5) is 4.39 Å². The fourth-order valence-electron chi connectivity index (χ4n) is 4.68. The summed E-state index contributed by atoms with van der Waals surface area (Å²) in [5, 5.41) is 0. The maximum Gasteiger partial charge on any atom is 0.341 e. The highest BCUT2D eigenvalue weighted by Crippen LogP contribution is 2.43. The molecule has 1 heterocycles. The number of rotatable bonds is 8. The summed E-state index contributed by atoms with van der Waals surface area (Å²) in [6.45, 7) is 0. The van der Waals surface area contributed by atoms with E-state index in [-0.39, 0.29) is 24.5 Å². The van der Waals surface area contributed by atoms with Gasteiger partial charge in [-0.05, 0) is 35.4 Å². The molecular formula is C31H24FNO3. The molecule has 5 heteroatoms. The van der Waals surface area contributed by atoms with Crippen molar-refractivity contribution >= 4 is 17.7 Å². The van der Waals surface area contributed by atoms with Crippen LogP contribution in [0.5, 0.6) is 0 Å². The third kappa shape index (κ3) is 4.73. The van der Waals surface area contributed by atoms with E-state index in [1.807, 2.05) is 66.7 Å². The van der Waals surface area contributed by atoms with Crippen molar-refractivity contribution in [3.05, 3.63) is 143 Å². The number of ketones is 1. The highest BCUT2D eigenvalue weighted by atomic mass is 19.1. The lowest BCUT2D eigenvalue weighted by molar-refractivity contribution is -0.139. The minimum Gasteiger partial charge on any atom is -0.405 e. The summed E-state index contributed by atoms with van der Waals surface area (Å²) in [6, 6.07) is 33.6. The lowest BCUT2D eigenvalue weighted by Crippen LogP contribution is -2.43. The topological polar surface area (TPSA) is 55.7 Å². The van der Waals surface area contributed by atoms with Crippen molar-refractivity contribution in [3.63, 3.8) is 0 Å². The van der Waals surface area contributed by atoms with Gasteiger partial charge in [0.15, 0.2) is 11.3 Å². The molecule has 5 rings (SSSR count). The molecule has 0 N–H and O–H groups in total. The molecule has 0 unspecified atom stereocenters. The number of aliphatic imine (C=N–C) groups is 1. The van der Waals surface area contributed by atoms with Crippen molar-refractivity contribution < 1.29 is 18.7 Å². The third-order valence-corrected chi connectivity index (χ3v) is 6.52. The summed E-state index contributed by atoms with van der Waals surface area (Å²) in [5.41, 5.74) is 1.33. The Kier molecular flexibility index (Phi) is 6.54. The van der Waals surface area contributed by atoms with Crippen LogP contribution in [0.15, 0.2) is 120 Å². The van der Waals surface area contributed by atoms with Crippen LogP contribution in [0, 0.1) is 5.82 Å². The quantitative estimate of drug-likeness (QED) is 0.225. The number of nitrogens with zero attached hydrogens (tertiary/aromatic N) is 1. The standard InChI is InChI=1S/C31H24FNO3/c32-26-18-16-23(17-19-26)27(20-28(34)24-12-6-2-7-13-24)31(21-22-10-4-1-5-11-22)30(35)36-29(33-31)25-14-8-3-9-15-25/h1-19,27H,20-21H2/t27-,31-/m1/s1. The normalized spacial score (nSPS) is 17.8. The zero-order chi connectivity index (χ0) is 25.0. The van der Waals surface area contributed by atoms with Crippen LogP contribution in [-0.4, -0.2) is 23.2 Å². The zero-order valence-corrected chi connectivity index (χ0v) is 19.5. The van der Waals surface area contributed by atoms with Gasteiger partial charge in [-0.2, -0.15) is 0 Å². The Labute approximate surface area is 209 Å². The van der Waals surface area contributed by atoms with E-state index in [1.165, 1.54) is 12.1 Å². The Morgan fingerprint density at radius 3 is 2.03 bits per heavy atom. The molecule has 4 aromatic carbocycles. The van der Waals surface area contributed by atoms with Gasteiger partial charge in [-0.1, -0.05) is 91.0 Å². The van der Waals surface area contributed by atoms with Crippen LogP contribution in [-0.2, 0) is 16.0 Å². The number of ether oxygens (including phenoxy) is 1. The molecule has 0 aliphatic carbocycles. The van der Waals surface area contributed by atoms with Gasteiger partial charge in [0.05, 0.1) is 0 Å². The van der Waals surface area contributed by atoms with Crippen LogP contribution < -0.4 is 0 Å². The number of Topliss-reactive ketones (excluding diaryl/α,β-unsaturated/α-hetero) is 1. The summed E-state index contributed by atoms with van der Waals surface area (Å²) in [4.78, 5) is 32.1. The molecule has 2 atom stereocenters. The number of benzene rings is 4. The first kappa shape index (κ1) is 23.4. The smallest absolute Gasteiger partial charge is 0.341 e. The Morgan fingerprint density at radius 1 is 0.806 bits per heavy atom. The van der Waals surface area contributed by atoms with Crippen LogP contribution in [0.2, 0.25) is 0 Å². The first-order chi connectivity index (χ1) is 17.5. The van der Waals surface area contributed by atoms with Crippen molar-refractivity contribution in [2.45, 2.75) is 24.3 Å². The predicted molar refractivity (Wildman–Crippen MR) is 136 cm³/mol. The van der Waals surface area contributed by atoms with Crippen molar-refractivity contribution in [3.8, 4) is 0 Å². The molecule has 178 valence electrons. The minimum absolute atomic E-state index is 0.00312. The molecule has 0 saturated carbocycles. The second-order valence-electron chi connectivity index (χ2n) is 8.86. The minimum atomic E-state index is -1.41. The van der Waals surface area contributed by atoms with E-state index < -0.39 is 23.2 Å². The fourth-order valence-corrected chi connectivity index (χ4v) is 4.68. The number of cyclic esters (lactones) is 1. The van der Waals surface area contributed by atoms with E-state index in [0.717, 1.165) is 5.56 Å². The van der Waals surface area contributed by atoms with Gasteiger partial charge in [0.25, 0.3) is 0 Å². The SMILES string of the molecule is O=C(C[C@H](c1ccc(F)cc1)[C@@]1(Cc2ccccc2)N=C(c2ccccc2)OC1=O)c1ccccc1. The first-order valence-electron chi connectivity index (χ1n) is 11.8. The molecule has 1 aliphatic rings. The molecule has 1 aliphatic heterocycles. The molecule has 4 nitrogen and oxygen atoms in total. The average Bonchev–Trinajstić information content (AvgIpc) is 3.25. The van der Waals surface area contributed by atoms with E-state index in [1.54, 1.807) is 36.4 Å². The highest BCUT2D eigenvalue weighted by molar-refractivity contribution is 6.09. The summed E-state index contributed by atoms with van der Waals surface area (Å²) < 4.78 is 19.6. The highest BCUT2D eigenvalue weighted by Gasteiger charge is 2.53. The molecule has 0 saturated heterocycles. The van der Waals surface area contributed by atoms with Gasteiger partial charge in [0.2, 0.25) is 5.90 Å². The van der Waals surface area contributed by atoms with Crippen LogP contribution >= 0.6 is 0 Å². The van der Waals surface area contributed by atoms with Crippen molar-refractivity contribution in [2.75, 3.05) is 0 Å². The van der Waals surface area contributed by atoms with E-state index in [2.05, 4.69) is 0 Å². The number of carbonyl (C=O) groups is 2. The van der Waals surface area contributed by atoms with Gasteiger partial charge in [-0.15, -0.1) is 0 Å². The molecule has 0 aromatic heterocycles. The summed E-state index contributed by atoms with van der Waals surface area (Å²) in [5.74, 6) is -1.52. The lowest BCUT2D eigenvalue weighted by Gasteiger charge is -2.32. The molecule has 0 radical (unpaired) electrons. The molecular weight excluding hydrogens is 453 g/mol. The third-order valence-electron chi connectivity index (χ3n) is 6.52. The van der Waals surface area contributed by atoms with E-state index in [4.69, 9.17) is 9.73 Å². The summed E-state index contributed by atoms with van der Waals surface area (Å²) in [7, 11) is 0. The maximum absolute atomic E-state index is 13.9.